The number of hydrogen-bond donors (Lipinski definition) is 0. The van der Waals surface area contributed by atoms with Gasteiger partial charge in [0.15, 0.2) is 11.4 Å². The van der Waals surface area contributed by atoms with Gasteiger partial charge in [-0.05, 0) is 37.3 Å². The van der Waals surface area contributed by atoms with Crippen LogP contribution in [0.25, 0.3) is 11.1 Å². The molecule has 0 amide bonds. The molecule has 1 aromatic heterocycles. The van der Waals surface area contributed by atoms with E-state index in [1.165, 1.54) is 36.4 Å². The maximum absolute atomic E-state index is 13.3. The fraction of sp³-hybridized carbons (Fsp3) is 0.167. The number of oxazole rings is 1. The number of carbonyl (C=O) groups is 2. The molecule has 0 bridgehead atoms. The molecule has 0 saturated carbocycles. The van der Waals surface area contributed by atoms with Gasteiger partial charge < -0.3 is 9.15 Å². The van der Waals surface area contributed by atoms with Crippen molar-refractivity contribution in [3.8, 4) is 0 Å². The molecule has 128 valence electrons. The summed E-state index contributed by atoms with van der Waals surface area (Å²) in [6.45, 7) is 1.59. The first-order chi connectivity index (χ1) is 12.0. The van der Waals surface area contributed by atoms with Crippen molar-refractivity contribution in [3.05, 3.63) is 70.0 Å². The van der Waals surface area contributed by atoms with Gasteiger partial charge in [0.05, 0.1) is 12.1 Å². The van der Waals surface area contributed by atoms with Crippen LogP contribution in [0.3, 0.4) is 0 Å². The summed E-state index contributed by atoms with van der Waals surface area (Å²) in [4.78, 5) is 35.9. The molecule has 3 aromatic rings. The lowest BCUT2D eigenvalue weighted by molar-refractivity contribution is -0.143. The van der Waals surface area contributed by atoms with E-state index in [2.05, 4.69) is 0 Å². The Bertz CT molecular complexity index is 1020. The lowest BCUT2D eigenvalue weighted by atomic mass is 10.0. The highest BCUT2D eigenvalue weighted by molar-refractivity contribution is 6.10. The standard InChI is InChI=1S/C18H14FNO5/c1-2-24-16(21)10-20-14-7-6-12(9-15(14)25-18(20)23)17(22)11-4-3-5-13(19)8-11/h3-9H,2,10H2,1H3. The summed E-state index contributed by atoms with van der Waals surface area (Å²) >= 11 is 0. The summed E-state index contributed by atoms with van der Waals surface area (Å²) in [6.07, 6.45) is 0. The molecule has 0 fully saturated rings. The number of benzene rings is 2. The molecular weight excluding hydrogens is 329 g/mol. The molecule has 0 radical (unpaired) electrons. The molecule has 6 nitrogen and oxygen atoms in total. The molecule has 0 saturated heterocycles. The number of aromatic nitrogens is 1. The van der Waals surface area contributed by atoms with E-state index >= 15 is 0 Å². The van der Waals surface area contributed by atoms with Crippen molar-refractivity contribution in [1.29, 1.82) is 0 Å². The van der Waals surface area contributed by atoms with Crippen LogP contribution in [0, 0.1) is 5.82 Å². The fourth-order valence-electron chi connectivity index (χ4n) is 2.49. The van der Waals surface area contributed by atoms with Crippen molar-refractivity contribution in [2.45, 2.75) is 13.5 Å². The average molecular weight is 343 g/mol. The van der Waals surface area contributed by atoms with E-state index in [4.69, 9.17) is 9.15 Å². The first kappa shape index (κ1) is 16.6. The number of ketones is 1. The minimum atomic E-state index is -0.724. The number of halogens is 1. The molecule has 0 aliphatic rings. The van der Waals surface area contributed by atoms with E-state index in [1.54, 1.807) is 6.92 Å². The third-order valence-corrected chi connectivity index (χ3v) is 3.61. The number of esters is 1. The maximum atomic E-state index is 13.3. The summed E-state index contributed by atoms with van der Waals surface area (Å²) in [6, 6.07) is 9.71. The highest BCUT2D eigenvalue weighted by atomic mass is 19.1. The van der Waals surface area contributed by atoms with Crippen LogP contribution in [0.5, 0.6) is 0 Å². The van der Waals surface area contributed by atoms with Gasteiger partial charge in [-0.15, -0.1) is 0 Å². The van der Waals surface area contributed by atoms with E-state index in [9.17, 15) is 18.8 Å². The fourth-order valence-corrected chi connectivity index (χ4v) is 2.49. The highest BCUT2D eigenvalue weighted by Gasteiger charge is 2.16. The van der Waals surface area contributed by atoms with Crippen LogP contribution in [-0.2, 0) is 16.1 Å². The van der Waals surface area contributed by atoms with Gasteiger partial charge in [-0.1, -0.05) is 12.1 Å². The Morgan fingerprint density at radius 2 is 1.92 bits per heavy atom. The van der Waals surface area contributed by atoms with Crippen LogP contribution >= 0.6 is 0 Å². The van der Waals surface area contributed by atoms with E-state index in [-0.39, 0.29) is 29.9 Å². The summed E-state index contributed by atoms with van der Waals surface area (Å²) in [7, 11) is 0. The lowest BCUT2D eigenvalue weighted by Crippen LogP contribution is -2.21. The second-order valence-corrected chi connectivity index (χ2v) is 5.28. The summed E-state index contributed by atoms with van der Waals surface area (Å²) in [5, 5.41) is 0. The van der Waals surface area contributed by atoms with Crippen molar-refractivity contribution >= 4 is 22.9 Å². The second kappa shape index (κ2) is 6.72. The minimum absolute atomic E-state index is 0.163. The monoisotopic (exact) mass is 343 g/mol. The van der Waals surface area contributed by atoms with Gasteiger partial charge in [-0.3, -0.25) is 14.2 Å². The van der Waals surface area contributed by atoms with Crippen molar-refractivity contribution in [2.24, 2.45) is 0 Å². The molecule has 0 atom stereocenters. The van der Waals surface area contributed by atoms with Gasteiger partial charge in [0.25, 0.3) is 0 Å². The molecule has 2 aromatic carbocycles. The van der Waals surface area contributed by atoms with Gasteiger partial charge in [-0.2, -0.15) is 0 Å². The Labute approximate surface area is 141 Å². The summed E-state index contributed by atoms with van der Waals surface area (Å²) in [5.74, 6) is -2.20. The number of ether oxygens (including phenoxy) is 1. The Balaban J connectivity index is 1.97. The van der Waals surface area contributed by atoms with Crippen LogP contribution in [0.1, 0.15) is 22.8 Å². The molecule has 25 heavy (non-hydrogen) atoms. The number of nitrogens with zero attached hydrogens (tertiary/aromatic N) is 1. The quantitative estimate of drug-likeness (QED) is 0.525. The Hall–Kier alpha value is -3.22. The molecule has 0 aliphatic heterocycles. The normalized spacial score (nSPS) is 10.8. The average Bonchev–Trinajstić information content (AvgIpc) is 2.89. The van der Waals surface area contributed by atoms with Gasteiger partial charge >= 0.3 is 11.7 Å². The van der Waals surface area contributed by atoms with Crippen molar-refractivity contribution in [2.75, 3.05) is 6.61 Å². The molecular formula is C18H14FNO5. The number of rotatable bonds is 5. The first-order valence-corrected chi connectivity index (χ1v) is 7.59. The van der Waals surface area contributed by atoms with Crippen molar-refractivity contribution in [3.63, 3.8) is 0 Å². The molecule has 0 N–H and O–H groups in total. The Kier molecular flexibility index (Phi) is 4.47. The summed E-state index contributed by atoms with van der Waals surface area (Å²) < 4.78 is 24.3. The van der Waals surface area contributed by atoms with E-state index in [0.717, 1.165) is 10.6 Å². The van der Waals surface area contributed by atoms with E-state index < -0.39 is 23.3 Å². The third kappa shape index (κ3) is 3.35. The second-order valence-electron chi connectivity index (χ2n) is 5.28. The topological polar surface area (TPSA) is 78.5 Å². The van der Waals surface area contributed by atoms with Gasteiger partial charge in [0, 0.05) is 11.1 Å². The van der Waals surface area contributed by atoms with Crippen LogP contribution in [0.15, 0.2) is 51.7 Å². The zero-order valence-corrected chi connectivity index (χ0v) is 13.3. The number of fused-ring (bicyclic) bond motifs is 1. The molecule has 0 unspecified atom stereocenters. The lowest BCUT2D eigenvalue weighted by Gasteiger charge is -2.03. The van der Waals surface area contributed by atoms with Crippen LogP contribution in [-0.4, -0.2) is 22.9 Å². The Morgan fingerprint density at radius 3 is 2.64 bits per heavy atom. The third-order valence-electron chi connectivity index (χ3n) is 3.61. The zero-order valence-electron chi connectivity index (χ0n) is 13.3. The Morgan fingerprint density at radius 1 is 1.16 bits per heavy atom. The smallest absolute Gasteiger partial charge is 0.420 e. The largest absolute Gasteiger partial charge is 0.465 e. The van der Waals surface area contributed by atoms with Crippen LogP contribution in [0.2, 0.25) is 0 Å². The minimum Gasteiger partial charge on any atom is -0.465 e. The van der Waals surface area contributed by atoms with Crippen molar-refractivity contribution < 1.29 is 23.1 Å². The van der Waals surface area contributed by atoms with Gasteiger partial charge in [-0.25, -0.2) is 9.18 Å². The zero-order chi connectivity index (χ0) is 18.0. The maximum Gasteiger partial charge on any atom is 0.420 e. The van der Waals surface area contributed by atoms with Crippen LogP contribution < -0.4 is 5.76 Å². The molecule has 3 rings (SSSR count). The van der Waals surface area contributed by atoms with Crippen molar-refractivity contribution in [1.82, 2.24) is 4.57 Å². The molecule has 1 heterocycles. The summed E-state index contributed by atoms with van der Waals surface area (Å²) in [5.41, 5.74) is 0.966. The van der Waals surface area contributed by atoms with Gasteiger partial charge in [0.1, 0.15) is 12.4 Å². The predicted octanol–water partition coefficient (Wildman–Crippen LogP) is 2.53. The highest BCUT2D eigenvalue weighted by Crippen LogP contribution is 2.18. The van der Waals surface area contributed by atoms with E-state index in [0.29, 0.717) is 5.52 Å². The number of carbonyl (C=O) groups excluding carboxylic acids is 2. The molecule has 0 spiro atoms. The first-order valence-electron chi connectivity index (χ1n) is 7.59. The SMILES string of the molecule is CCOC(=O)Cn1c(=O)oc2cc(C(=O)c3cccc(F)c3)ccc21. The van der Waals surface area contributed by atoms with Crippen LogP contribution in [0.4, 0.5) is 4.39 Å². The molecule has 7 heteroatoms. The van der Waals surface area contributed by atoms with Gasteiger partial charge in [0.2, 0.25) is 0 Å². The predicted molar refractivity (Wildman–Crippen MR) is 86.9 cm³/mol. The van der Waals surface area contributed by atoms with E-state index in [1.807, 2.05) is 0 Å². The molecule has 0 aliphatic carbocycles. The number of hydrogen-bond acceptors (Lipinski definition) is 5.